The van der Waals surface area contributed by atoms with Gasteiger partial charge in [-0.1, -0.05) is 18.6 Å². The SMILES string of the molecule is C=CC(C=CN1CCCCCC1=O)C(=O)OC=CN1CCCC1=O. The maximum absolute atomic E-state index is 12.0. The van der Waals surface area contributed by atoms with E-state index < -0.39 is 11.9 Å². The summed E-state index contributed by atoms with van der Waals surface area (Å²) in [5, 5.41) is 0. The van der Waals surface area contributed by atoms with Crippen molar-refractivity contribution in [2.75, 3.05) is 13.1 Å². The Morgan fingerprint density at radius 1 is 1.00 bits per heavy atom. The molecule has 1 unspecified atom stereocenters. The molecule has 2 heterocycles. The third-order valence-corrected chi connectivity index (χ3v) is 4.14. The molecule has 1 atom stereocenters. The van der Waals surface area contributed by atoms with E-state index in [9.17, 15) is 14.4 Å². The number of likely N-dealkylation sites (tertiary alicyclic amines) is 2. The van der Waals surface area contributed by atoms with E-state index in [0.717, 1.165) is 25.7 Å². The van der Waals surface area contributed by atoms with Crippen LogP contribution in [-0.2, 0) is 19.1 Å². The summed E-state index contributed by atoms with van der Waals surface area (Å²) >= 11 is 0. The smallest absolute Gasteiger partial charge is 0.321 e. The van der Waals surface area contributed by atoms with Crippen LogP contribution in [0.2, 0.25) is 0 Å². The maximum Gasteiger partial charge on any atom is 0.321 e. The summed E-state index contributed by atoms with van der Waals surface area (Å²) in [7, 11) is 0. The third kappa shape index (κ3) is 5.08. The van der Waals surface area contributed by atoms with Crippen molar-refractivity contribution in [1.29, 1.82) is 0 Å². The number of carbonyl (C=O) groups excluding carboxylic acids is 3. The molecule has 0 radical (unpaired) electrons. The molecule has 130 valence electrons. The van der Waals surface area contributed by atoms with Gasteiger partial charge in [0.2, 0.25) is 11.8 Å². The van der Waals surface area contributed by atoms with Crippen molar-refractivity contribution < 1.29 is 19.1 Å². The summed E-state index contributed by atoms with van der Waals surface area (Å²) in [5.41, 5.74) is 0. The largest absolute Gasteiger partial charge is 0.432 e. The summed E-state index contributed by atoms with van der Waals surface area (Å²) in [6.45, 7) is 4.96. The molecule has 0 bridgehead atoms. The van der Waals surface area contributed by atoms with Crippen LogP contribution in [-0.4, -0.2) is 40.7 Å². The molecule has 0 aliphatic carbocycles. The van der Waals surface area contributed by atoms with Crippen LogP contribution in [0.1, 0.15) is 38.5 Å². The van der Waals surface area contributed by atoms with E-state index in [4.69, 9.17) is 4.74 Å². The number of carbonyl (C=O) groups is 3. The van der Waals surface area contributed by atoms with Crippen LogP contribution in [0, 0.1) is 5.92 Å². The molecule has 2 saturated heterocycles. The fourth-order valence-electron chi connectivity index (χ4n) is 2.69. The standard InChI is InChI=1S/C18H24N2O4/c1-2-15(9-12-19-10-5-3-4-7-16(19)21)18(23)24-14-13-20-11-6-8-17(20)22/h2,9,12-15H,1,3-8,10-11H2. The van der Waals surface area contributed by atoms with Gasteiger partial charge in [0.05, 0.1) is 5.92 Å². The van der Waals surface area contributed by atoms with Crippen molar-refractivity contribution in [2.24, 2.45) is 5.92 Å². The molecule has 0 aromatic rings. The highest BCUT2D eigenvalue weighted by molar-refractivity contribution is 5.80. The predicted octanol–water partition coefficient (Wildman–Crippen LogP) is 2.34. The molecule has 6 heteroatoms. The van der Waals surface area contributed by atoms with Crippen LogP contribution in [0.15, 0.2) is 37.4 Å². The van der Waals surface area contributed by atoms with Gasteiger partial charge in [0.25, 0.3) is 0 Å². The lowest BCUT2D eigenvalue weighted by atomic mass is 10.1. The van der Waals surface area contributed by atoms with E-state index in [-0.39, 0.29) is 11.8 Å². The van der Waals surface area contributed by atoms with Crippen LogP contribution in [0.5, 0.6) is 0 Å². The van der Waals surface area contributed by atoms with E-state index >= 15 is 0 Å². The Morgan fingerprint density at radius 3 is 2.33 bits per heavy atom. The zero-order valence-corrected chi connectivity index (χ0v) is 13.9. The van der Waals surface area contributed by atoms with Crippen LogP contribution >= 0.6 is 0 Å². The minimum Gasteiger partial charge on any atom is -0.432 e. The van der Waals surface area contributed by atoms with E-state index in [1.165, 1.54) is 23.4 Å². The topological polar surface area (TPSA) is 66.9 Å². The maximum atomic E-state index is 12.0. The highest BCUT2D eigenvalue weighted by atomic mass is 16.5. The quantitative estimate of drug-likeness (QED) is 0.425. The first-order valence-electron chi connectivity index (χ1n) is 8.39. The van der Waals surface area contributed by atoms with Crippen LogP contribution in [0.25, 0.3) is 0 Å². The number of hydrogen-bond acceptors (Lipinski definition) is 4. The summed E-state index contributed by atoms with van der Waals surface area (Å²) in [5.74, 6) is -1.03. The van der Waals surface area contributed by atoms with Gasteiger partial charge in [-0.05, 0) is 19.3 Å². The molecule has 2 rings (SSSR count). The van der Waals surface area contributed by atoms with Crippen molar-refractivity contribution in [3.05, 3.63) is 37.4 Å². The fourth-order valence-corrected chi connectivity index (χ4v) is 2.69. The molecule has 0 spiro atoms. The molecule has 2 fully saturated rings. The van der Waals surface area contributed by atoms with Crippen molar-refractivity contribution >= 4 is 17.8 Å². The molecule has 2 aliphatic rings. The second kappa shape index (κ2) is 9.05. The summed E-state index contributed by atoms with van der Waals surface area (Å²) in [6.07, 6.45) is 12.3. The number of rotatable bonds is 6. The Kier molecular flexibility index (Phi) is 6.78. The Morgan fingerprint density at radius 2 is 1.67 bits per heavy atom. The zero-order valence-electron chi connectivity index (χ0n) is 13.9. The van der Waals surface area contributed by atoms with Gasteiger partial charge < -0.3 is 14.5 Å². The van der Waals surface area contributed by atoms with Crippen molar-refractivity contribution in [1.82, 2.24) is 9.80 Å². The molecule has 0 aromatic carbocycles. The molecular weight excluding hydrogens is 308 g/mol. The number of nitrogens with zero attached hydrogens (tertiary/aromatic N) is 2. The molecule has 6 nitrogen and oxygen atoms in total. The highest BCUT2D eigenvalue weighted by Crippen LogP contribution is 2.13. The van der Waals surface area contributed by atoms with E-state index in [1.807, 2.05) is 0 Å². The molecule has 0 N–H and O–H groups in total. The van der Waals surface area contributed by atoms with Crippen molar-refractivity contribution in [3.8, 4) is 0 Å². The predicted molar refractivity (Wildman–Crippen MR) is 89.2 cm³/mol. The van der Waals surface area contributed by atoms with Crippen LogP contribution in [0.4, 0.5) is 0 Å². The lowest BCUT2D eigenvalue weighted by molar-refractivity contribution is -0.140. The van der Waals surface area contributed by atoms with Gasteiger partial charge in [-0.15, -0.1) is 6.58 Å². The third-order valence-electron chi connectivity index (χ3n) is 4.14. The molecule has 0 saturated carbocycles. The lowest BCUT2D eigenvalue weighted by Gasteiger charge is -2.16. The number of ether oxygens (including phenoxy) is 1. The van der Waals surface area contributed by atoms with Gasteiger partial charge in [0.15, 0.2) is 0 Å². The second-order valence-electron chi connectivity index (χ2n) is 5.91. The number of esters is 1. The first kappa shape index (κ1) is 18.0. The van der Waals surface area contributed by atoms with E-state index in [2.05, 4.69) is 6.58 Å². The van der Waals surface area contributed by atoms with Gasteiger partial charge in [-0.2, -0.15) is 0 Å². The first-order valence-corrected chi connectivity index (χ1v) is 8.39. The fraction of sp³-hybridized carbons (Fsp3) is 0.500. The molecule has 2 amide bonds. The summed E-state index contributed by atoms with van der Waals surface area (Å²) in [4.78, 5) is 38.6. The van der Waals surface area contributed by atoms with E-state index in [0.29, 0.717) is 25.9 Å². The normalized spacial score (nSPS) is 20.7. The Hall–Kier alpha value is -2.37. The summed E-state index contributed by atoms with van der Waals surface area (Å²) in [6, 6.07) is 0. The van der Waals surface area contributed by atoms with Gasteiger partial charge in [-0.3, -0.25) is 14.4 Å². The lowest BCUT2D eigenvalue weighted by Crippen LogP contribution is -2.25. The minimum absolute atomic E-state index is 0.0298. The van der Waals surface area contributed by atoms with Crippen molar-refractivity contribution in [2.45, 2.75) is 38.5 Å². The average molecular weight is 332 g/mol. The van der Waals surface area contributed by atoms with Gasteiger partial charge in [0.1, 0.15) is 6.26 Å². The average Bonchev–Trinajstić information content (AvgIpc) is 2.86. The highest BCUT2D eigenvalue weighted by Gasteiger charge is 2.19. The van der Waals surface area contributed by atoms with Crippen molar-refractivity contribution in [3.63, 3.8) is 0 Å². The Labute approximate surface area is 142 Å². The Balaban J connectivity index is 1.87. The molecule has 2 aliphatic heterocycles. The van der Waals surface area contributed by atoms with Gasteiger partial charge in [-0.25, -0.2) is 0 Å². The van der Waals surface area contributed by atoms with E-state index in [1.54, 1.807) is 17.2 Å². The molecule has 24 heavy (non-hydrogen) atoms. The second-order valence-corrected chi connectivity index (χ2v) is 5.91. The van der Waals surface area contributed by atoms with Crippen LogP contribution < -0.4 is 0 Å². The number of amides is 2. The molecule has 0 aromatic heterocycles. The zero-order chi connectivity index (χ0) is 17.4. The molecular formula is C18H24N2O4. The summed E-state index contributed by atoms with van der Waals surface area (Å²) < 4.78 is 5.06. The van der Waals surface area contributed by atoms with Gasteiger partial charge >= 0.3 is 5.97 Å². The monoisotopic (exact) mass is 332 g/mol. The van der Waals surface area contributed by atoms with Crippen LogP contribution in [0.3, 0.4) is 0 Å². The number of hydrogen-bond donors (Lipinski definition) is 0. The van der Waals surface area contributed by atoms with Gasteiger partial charge in [0, 0.05) is 38.3 Å². The minimum atomic E-state index is -0.639. The Bertz CT molecular complexity index is 553. The first-order chi connectivity index (χ1) is 11.6.